The van der Waals surface area contributed by atoms with Gasteiger partial charge in [-0.3, -0.25) is 4.79 Å². The molecule has 35 heavy (non-hydrogen) atoms. The van der Waals surface area contributed by atoms with Crippen molar-refractivity contribution in [3.05, 3.63) is 65.6 Å². The molecule has 1 amide bonds. The molecule has 180 valence electrons. The highest BCUT2D eigenvalue weighted by molar-refractivity contribution is 6.06. The summed E-state index contributed by atoms with van der Waals surface area (Å²) in [7, 11) is 2.74. The van der Waals surface area contributed by atoms with E-state index in [9.17, 15) is 18.0 Å². The predicted octanol–water partition coefficient (Wildman–Crippen LogP) is 4.76. The summed E-state index contributed by atoms with van der Waals surface area (Å²) in [5, 5.41) is 5.62. The zero-order valence-electron chi connectivity index (χ0n) is 18.8. The molecule has 0 radical (unpaired) electrons. The van der Waals surface area contributed by atoms with Crippen molar-refractivity contribution in [1.82, 2.24) is 19.9 Å². The second-order valence-electron chi connectivity index (χ2n) is 7.33. The van der Waals surface area contributed by atoms with Gasteiger partial charge in [-0.1, -0.05) is 6.07 Å². The van der Waals surface area contributed by atoms with E-state index in [0.717, 1.165) is 23.8 Å². The van der Waals surface area contributed by atoms with Crippen LogP contribution in [0.2, 0.25) is 0 Å². The smallest absolute Gasteiger partial charge is 0.416 e. The van der Waals surface area contributed by atoms with Crippen LogP contribution in [0, 0.1) is 6.92 Å². The first-order chi connectivity index (χ1) is 16.7. The second kappa shape index (κ2) is 9.41. The molecule has 0 fully saturated rings. The summed E-state index contributed by atoms with van der Waals surface area (Å²) in [6, 6.07) is 7.79. The van der Waals surface area contributed by atoms with E-state index in [-0.39, 0.29) is 23.0 Å². The molecular formula is C23H19F3N6O3. The third kappa shape index (κ3) is 5.05. The molecule has 2 heterocycles. The lowest BCUT2D eigenvalue weighted by Gasteiger charge is -2.15. The van der Waals surface area contributed by atoms with Gasteiger partial charge >= 0.3 is 12.2 Å². The minimum Gasteiger partial charge on any atom is -0.495 e. The standard InChI is InChI=1S/C23H19F3N6O3/c1-12-4-5-13(21(33)31-16-9-14(23(24,25)26)6-7-18(16)34-2)8-15(12)30-20-19-17(28-11-29-20)10-27-22(32-19)35-3/h4-11H,1-3H3,(H,31,33)(H,28,29,30). The molecule has 0 saturated carbocycles. The normalized spacial score (nSPS) is 11.3. The van der Waals surface area contributed by atoms with Gasteiger partial charge in [-0.2, -0.15) is 18.2 Å². The molecule has 0 atom stereocenters. The first-order valence-corrected chi connectivity index (χ1v) is 10.2. The number of anilines is 3. The predicted molar refractivity (Wildman–Crippen MR) is 122 cm³/mol. The van der Waals surface area contributed by atoms with Gasteiger partial charge in [-0.15, -0.1) is 0 Å². The number of methoxy groups -OCH3 is 2. The molecule has 0 saturated heterocycles. The van der Waals surface area contributed by atoms with Crippen molar-refractivity contribution in [2.24, 2.45) is 0 Å². The summed E-state index contributed by atoms with van der Waals surface area (Å²) in [5.41, 5.74) is 1.38. The van der Waals surface area contributed by atoms with Gasteiger partial charge in [0.2, 0.25) is 0 Å². The Hall–Kier alpha value is -4.48. The number of aromatic nitrogens is 4. The minimum atomic E-state index is -4.57. The highest BCUT2D eigenvalue weighted by Gasteiger charge is 2.31. The number of ether oxygens (including phenoxy) is 2. The van der Waals surface area contributed by atoms with Crippen molar-refractivity contribution in [1.29, 1.82) is 0 Å². The number of nitrogens with zero attached hydrogens (tertiary/aromatic N) is 4. The third-order valence-electron chi connectivity index (χ3n) is 5.07. The number of halogens is 3. The summed E-state index contributed by atoms with van der Waals surface area (Å²) in [4.78, 5) is 29.6. The quantitative estimate of drug-likeness (QED) is 0.403. The lowest BCUT2D eigenvalue weighted by atomic mass is 10.1. The Labute approximate surface area is 197 Å². The van der Waals surface area contributed by atoms with Gasteiger partial charge in [0.25, 0.3) is 5.91 Å². The van der Waals surface area contributed by atoms with Crippen LogP contribution in [0.15, 0.2) is 48.9 Å². The van der Waals surface area contributed by atoms with Crippen molar-refractivity contribution in [2.45, 2.75) is 13.1 Å². The Morgan fingerprint density at radius 2 is 1.77 bits per heavy atom. The lowest BCUT2D eigenvalue weighted by Crippen LogP contribution is -2.14. The van der Waals surface area contributed by atoms with Crippen molar-refractivity contribution >= 4 is 34.1 Å². The van der Waals surface area contributed by atoms with Crippen LogP contribution in [0.1, 0.15) is 21.5 Å². The Balaban J connectivity index is 1.65. The van der Waals surface area contributed by atoms with Crippen LogP contribution in [0.3, 0.4) is 0 Å². The highest BCUT2D eigenvalue weighted by atomic mass is 19.4. The number of nitrogens with one attached hydrogen (secondary N) is 2. The van der Waals surface area contributed by atoms with Crippen LogP contribution in [-0.4, -0.2) is 40.1 Å². The Morgan fingerprint density at radius 3 is 2.49 bits per heavy atom. The van der Waals surface area contributed by atoms with Gasteiger partial charge in [0.05, 0.1) is 31.7 Å². The monoisotopic (exact) mass is 484 g/mol. The molecular weight excluding hydrogens is 465 g/mol. The van der Waals surface area contributed by atoms with Crippen LogP contribution in [-0.2, 0) is 6.18 Å². The number of alkyl halides is 3. The topological polar surface area (TPSA) is 111 Å². The van der Waals surface area contributed by atoms with E-state index < -0.39 is 17.6 Å². The maximum absolute atomic E-state index is 13.1. The van der Waals surface area contributed by atoms with E-state index in [1.54, 1.807) is 18.2 Å². The average Bonchev–Trinajstić information content (AvgIpc) is 2.84. The molecule has 0 unspecified atom stereocenters. The fourth-order valence-corrected chi connectivity index (χ4v) is 3.23. The summed E-state index contributed by atoms with van der Waals surface area (Å²) < 4.78 is 49.6. The highest BCUT2D eigenvalue weighted by Crippen LogP contribution is 2.35. The maximum Gasteiger partial charge on any atom is 0.416 e. The Bertz CT molecular complexity index is 1410. The minimum absolute atomic E-state index is 0.0953. The second-order valence-corrected chi connectivity index (χ2v) is 7.33. The fraction of sp³-hybridized carbons (Fsp3) is 0.174. The number of aryl methyl sites for hydroxylation is 1. The van der Waals surface area contributed by atoms with Crippen LogP contribution in [0.25, 0.3) is 11.0 Å². The van der Waals surface area contributed by atoms with Gasteiger partial charge in [0, 0.05) is 11.3 Å². The van der Waals surface area contributed by atoms with E-state index in [2.05, 4.69) is 30.6 Å². The van der Waals surface area contributed by atoms with Gasteiger partial charge in [0.1, 0.15) is 23.1 Å². The molecule has 0 bridgehead atoms. The number of rotatable bonds is 6. The zero-order chi connectivity index (χ0) is 25.2. The molecule has 9 nitrogen and oxygen atoms in total. The number of carbonyl (C=O) groups excluding carboxylic acids is 1. The van der Waals surface area contributed by atoms with E-state index in [0.29, 0.717) is 22.5 Å². The van der Waals surface area contributed by atoms with Crippen LogP contribution in [0.5, 0.6) is 11.8 Å². The van der Waals surface area contributed by atoms with E-state index in [4.69, 9.17) is 9.47 Å². The number of amides is 1. The molecule has 4 aromatic rings. The van der Waals surface area contributed by atoms with Gasteiger partial charge in [-0.05, 0) is 42.8 Å². The number of hydrogen-bond acceptors (Lipinski definition) is 8. The third-order valence-corrected chi connectivity index (χ3v) is 5.07. The first kappa shape index (κ1) is 23.7. The number of benzene rings is 2. The van der Waals surface area contributed by atoms with Crippen molar-refractivity contribution in [2.75, 3.05) is 24.9 Å². The molecule has 2 aromatic heterocycles. The van der Waals surface area contributed by atoms with Crippen LogP contribution < -0.4 is 20.1 Å². The molecule has 2 N–H and O–H groups in total. The Morgan fingerprint density at radius 1 is 0.971 bits per heavy atom. The van der Waals surface area contributed by atoms with Crippen LogP contribution in [0.4, 0.5) is 30.4 Å². The average molecular weight is 484 g/mol. The van der Waals surface area contributed by atoms with Gasteiger partial charge < -0.3 is 20.1 Å². The van der Waals surface area contributed by atoms with Crippen molar-refractivity contribution < 1.29 is 27.4 Å². The van der Waals surface area contributed by atoms with Crippen molar-refractivity contribution in [3.8, 4) is 11.8 Å². The molecule has 2 aromatic carbocycles. The zero-order valence-corrected chi connectivity index (χ0v) is 18.8. The van der Waals surface area contributed by atoms with Gasteiger partial charge in [0.15, 0.2) is 5.82 Å². The van der Waals surface area contributed by atoms with Crippen molar-refractivity contribution in [3.63, 3.8) is 0 Å². The molecule has 12 heteroatoms. The largest absolute Gasteiger partial charge is 0.495 e. The number of hydrogen-bond donors (Lipinski definition) is 2. The fourth-order valence-electron chi connectivity index (χ4n) is 3.23. The van der Waals surface area contributed by atoms with E-state index in [1.807, 2.05) is 6.92 Å². The molecule has 0 aliphatic rings. The lowest BCUT2D eigenvalue weighted by molar-refractivity contribution is -0.137. The molecule has 0 spiro atoms. The van der Waals surface area contributed by atoms with E-state index >= 15 is 0 Å². The van der Waals surface area contributed by atoms with Crippen LogP contribution >= 0.6 is 0 Å². The summed E-state index contributed by atoms with van der Waals surface area (Å²) >= 11 is 0. The number of carbonyl (C=O) groups is 1. The summed E-state index contributed by atoms with van der Waals surface area (Å²) in [6.45, 7) is 1.82. The summed E-state index contributed by atoms with van der Waals surface area (Å²) in [5.74, 6) is -0.170. The SMILES string of the molecule is COc1ncc2ncnc(Nc3cc(C(=O)Nc4cc(C(F)(F)F)ccc4OC)ccc3C)c2n1. The van der Waals surface area contributed by atoms with Gasteiger partial charge in [-0.25, -0.2) is 15.0 Å². The molecule has 0 aliphatic heterocycles. The number of fused-ring (bicyclic) bond motifs is 1. The Kier molecular flexibility index (Phi) is 6.36. The van der Waals surface area contributed by atoms with E-state index in [1.165, 1.54) is 26.7 Å². The summed E-state index contributed by atoms with van der Waals surface area (Å²) in [6.07, 6.45) is -1.74. The molecule has 0 aliphatic carbocycles. The maximum atomic E-state index is 13.1. The molecule has 4 rings (SSSR count). The first-order valence-electron chi connectivity index (χ1n) is 10.2.